The normalized spacial score (nSPS) is 9.95. The fourth-order valence-corrected chi connectivity index (χ4v) is 1.71. The molecule has 2 rings (SSSR count). The summed E-state index contributed by atoms with van der Waals surface area (Å²) in [5.41, 5.74) is 7.93. The summed E-state index contributed by atoms with van der Waals surface area (Å²) >= 11 is 0. The maximum absolute atomic E-state index is 11.8. The van der Waals surface area contributed by atoms with Crippen LogP contribution in [0.5, 0.6) is 0 Å². The standard InChI is InChI=1S/C15H16N4O2/c1-10-13(3-2-8-17-10)19-14(20)9-18-15(21)11-4-6-12(16)7-5-11/h2-8H,9,16H2,1H3,(H,18,21)(H,19,20). The highest BCUT2D eigenvalue weighted by Crippen LogP contribution is 2.09. The van der Waals surface area contributed by atoms with Gasteiger partial charge in [-0.3, -0.25) is 14.6 Å². The van der Waals surface area contributed by atoms with E-state index in [0.717, 1.165) is 5.69 Å². The number of carbonyl (C=O) groups is 2. The summed E-state index contributed by atoms with van der Waals surface area (Å²) in [7, 11) is 0. The third-order valence-corrected chi connectivity index (χ3v) is 2.86. The Bertz CT molecular complexity index is 653. The lowest BCUT2D eigenvalue weighted by Crippen LogP contribution is -2.33. The number of hydrogen-bond acceptors (Lipinski definition) is 4. The largest absolute Gasteiger partial charge is 0.399 e. The van der Waals surface area contributed by atoms with Gasteiger partial charge in [-0.25, -0.2) is 0 Å². The van der Waals surface area contributed by atoms with E-state index in [9.17, 15) is 9.59 Å². The second-order valence-corrected chi connectivity index (χ2v) is 4.49. The monoisotopic (exact) mass is 284 g/mol. The van der Waals surface area contributed by atoms with Gasteiger partial charge in [0.15, 0.2) is 0 Å². The van der Waals surface area contributed by atoms with E-state index in [1.165, 1.54) is 0 Å². The van der Waals surface area contributed by atoms with Crippen LogP contribution in [-0.2, 0) is 4.79 Å². The summed E-state index contributed by atoms with van der Waals surface area (Å²) < 4.78 is 0. The van der Waals surface area contributed by atoms with Crippen LogP contribution >= 0.6 is 0 Å². The average molecular weight is 284 g/mol. The van der Waals surface area contributed by atoms with Crippen molar-refractivity contribution in [2.75, 3.05) is 17.6 Å². The van der Waals surface area contributed by atoms with E-state index < -0.39 is 0 Å². The van der Waals surface area contributed by atoms with Gasteiger partial charge < -0.3 is 16.4 Å². The van der Waals surface area contributed by atoms with Crippen molar-refractivity contribution in [3.63, 3.8) is 0 Å². The second kappa shape index (κ2) is 6.51. The molecular weight excluding hydrogens is 268 g/mol. The Morgan fingerprint density at radius 3 is 2.57 bits per heavy atom. The number of nitrogen functional groups attached to an aromatic ring is 1. The molecular formula is C15H16N4O2. The number of aromatic nitrogens is 1. The van der Waals surface area contributed by atoms with E-state index in [1.54, 1.807) is 49.5 Å². The highest BCUT2D eigenvalue weighted by Gasteiger charge is 2.09. The quantitative estimate of drug-likeness (QED) is 0.738. The summed E-state index contributed by atoms with van der Waals surface area (Å²) in [4.78, 5) is 27.7. The molecule has 2 amide bonds. The molecule has 1 aromatic heterocycles. The predicted octanol–water partition coefficient (Wildman–Crippen LogP) is 1.34. The van der Waals surface area contributed by atoms with Gasteiger partial charge in [-0.15, -0.1) is 0 Å². The average Bonchev–Trinajstić information content (AvgIpc) is 2.48. The first-order valence-electron chi connectivity index (χ1n) is 6.41. The number of nitrogens with zero attached hydrogens (tertiary/aromatic N) is 1. The number of aryl methyl sites for hydroxylation is 1. The molecule has 0 aliphatic carbocycles. The number of benzene rings is 1. The molecule has 0 saturated heterocycles. The number of rotatable bonds is 4. The minimum atomic E-state index is -0.326. The van der Waals surface area contributed by atoms with Crippen LogP contribution in [0.25, 0.3) is 0 Å². The smallest absolute Gasteiger partial charge is 0.251 e. The maximum atomic E-state index is 11.8. The Hall–Kier alpha value is -2.89. The molecule has 6 heteroatoms. The fraction of sp³-hybridized carbons (Fsp3) is 0.133. The molecule has 108 valence electrons. The van der Waals surface area contributed by atoms with Crippen LogP contribution in [0.3, 0.4) is 0 Å². The lowest BCUT2D eigenvalue weighted by Gasteiger charge is -2.08. The molecule has 4 N–H and O–H groups in total. The van der Waals surface area contributed by atoms with Crippen LogP contribution < -0.4 is 16.4 Å². The molecule has 21 heavy (non-hydrogen) atoms. The van der Waals surface area contributed by atoms with Crippen LogP contribution in [0.4, 0.5) is 11.4 Å². The first-order valence-corrected chi connectivity index (χ1v) is 6.41. The van der Waals surface area contributed by atoms with Gasteiger partial charge in [0.05, 0.1) is 17.9 Å². The Balaban J connectivity index is 1.88. The summed E-state index contributed by atoms with van der Waals surface area (Å²) in [5.74, 6) is -0.636. The minimum absolute atomic E-state index is 0.114. The summed E-state index contributed by atoms with van der Waals surface area (Å²) in [6, 6.07) is 9.96. The number of anilines is 2. The van der Waals surface area contributed by atoms with Crippen molar-refractivity contribution in [3.05, 3.63) is 53.9 Å². The maximum Gasteiger partial charge on any atom is 0.251 e. The van der Waals surface area contributed by atoms with E-state index in [2.05, 4.69) is 15.6 Å². The first kappa shape index (κ1) is 14.5. The van der Waals surface area contributed by atoms with E-state index in [0.29, 0.717) is 16.9 Å². The predicted molar refractivity (Wildman–Crippen MR) is 80.8 cm³/mol. The van der Waals surface area contributed by atoms with Crippen molar-refractivity contribution < 1.29 is 9.59 Å². The molecule has 0 aliphatic rings. The molecule has 1 heterocycles. The van der Waals surface area contributed by atoms with Crippen molar-refractivity contribution in [1.29, 1.82) is 0 Å². The van der Waals surface area contributed by atoms with Crippen molar-refractivity contribution in [3.8, 4) is 0 Å². The van der Waals surface area contributed by atoms with E-state index >= 15 is 0 Å². The molecule has 2 aromatic rings. The van der Waals surface area contributed by atoms with E-state index in [4.69, 9.17) is 5.73 Å². The molecule has 0 spiro atoms. The number of hydrogen-bond donors (Lipinski definition) is 3. The van der Waals surface area contributed by atoms with Crippen molar-refractivity contribution in [2.24, 2.45) is 0 Å². The number of amides is 2. The number of pyridine rings is 1. The lowest BCUT2D eigenvalue weighted by atomic mass is 10.2. The zero-order valence-electron chi connectivity index (χ0n) is 11.6. The van der Waals surface area contributed by atoms with Gasteiger partial charge in [-0.2, -0.15) is 0 Å². The van der Waals surface area contributed by atoms with Gasteiger partial charge in [-0.05, 0) is 43.3 Å². The van der Waals surface area contributed by atoms with E-state index in [1.807, 2.05) is 0 Å². The van der Waals surface area contributed by atoms with Crippen molar-refractivity contribution in [2.45, 2.75) is 6.92 Å². The third kappa shape index (κ3) is 4.04. The third-order valence-electron chi connectivity index (χ3n) is 2.86. The first-order chi connectivity index (χ1) is 10.1. The van der Waals surface area contributed by atoms with Crippen molar-refractivity contribution in [1.82, 2.24) is 10.3 Å². The highest BCUT2D eigenvalue weighted by molar-refractivity contribution is 5.99. The van der Waals surface area contributed by atoms with Crippen molar-refractivity contribution >= 4 is 23.2 Å². The number of nitrogens with one attached hydrogen (secondary N) is 2. The number of carbonyl (C=O) groups excluding carboxylic acids is 2. The van der Waals surface area contributed by atoms with Crippen LogP contribution in [0, 0.1) is 6.92 Å². The molecule has 0 aliphatic heterocycles. The van der Waals surface area contributed by atoms with Gasteiger partial charge in [0.1, 0.15) is 0 Å². The Kier molecular flexibility index (Phi) is 4.50. The van der Waals surface area contributed by atoms with Gasteiger partial charge in [0, 0.05) is 17.4 Å². The Morgan fingerprint density at radius 1 is 1.19 bits per heavy atom. The Labute approximate surface area is 122 Å². The molecule has 0 saturated carbocycles. The zero-order valence-corrected chi connectivity index (χ0v) is 11.6. The molecule has 6 nitrogen and oxygen atoms in total. The molecule has 0 atom stereocenters. The zero-order chi connectivity index (χ0) is 15.2. The van der Waals surface area contributed by atoms with Crippen LogP contribution in [0.1, 0.15) is 16.1 Å². The highest BCUT2D eigenvalue weighted by atomic mass is 16.2. The Morgan fingerprint density at radius 2 is 1.90 bits per heavy atom. The number of nitrogens with two attached hydrogens (primary N) is 1. The molecule has 1 aromatic carbocycles. The van der Waals surface area contributed by atoms with Gasteiger partial charge in [0.25, 0.3) is 5.91 Å². The molecule has 0 radical (unpaired) electrons. The molecule has 0 fully saturated rings. The molecule has 0 bridgehead atoms. The van der Waals surface area contributed by atoms with Gasteiger partial charge >= 0.3 is 0 Å². The summed E-state index contributed by atoms with van der Waals surface area (Å²) in [5, 5.41) is 5.24. The second-order valence-electron chi connectivity index (χ2n) is 4.49. The van der Waals surface area contributed by atoms with Gasteiger partial charge in [0.2, 0.25) is 5.91 Å². The SMILES string of the molecule is Cc1ncccc1NC(=O)CNC(=O)c1ccc(N)cc1. The summed E-state index contributed by atoms with van der Waals surface area (Å²) in [6.07, 6.45) is 1.65. The van der Waals surface area contributed by atoms with E-state index in [-0.39, 0.29) is 18.4 Å². The lowest BCUT2D eigenvalue weighted by molar-refractivity contribution is -0.115. The van der Waals surface area contributed by atoms with Crippen LogP contribution in [-0.4, -0.2) is 23.3 Å². The minimum Gasteiger partial charge on any atom is -0.399 e. The van der Waals surface area contributed by atoms with Gasteiger partial charge in [-0.1, -0.05) is 0 Å². The van der Waals surface area contributed by atoms with Crippen LogP contribution in [0.15, 0.2) is 42.6 Å². The fourth-order valence-electron chi connectivity index (χ4n) is 1.71. The van der Waals surface area contributed by atoms with Crippen LogP contribution in [0.2, 0.25) is 0 Å². The topological polar surface area (TPSA) is 97.1 Å². The summed E-state index contributed by atoms with van der Waals surface area (Å²) in [6.45, 7) is 1.68. The molecule has 0 unspecified atom stereocenters.